The third-order valence-electron chi connectivity index (χ3n) is 6.63. The number of hydrogen-bond acceptors (Lipinski definition) is 4. The fourth-order valence-electron chi connectivity index (χ4n) is 4.75. The van der Waals surface area contributed by atoms with E-state index in [0.717, 1.165) is 32.5 Å². The first-order chi connectivity index (χ1) is 14.0. The molecule has 3 fully saturated rings. The second kappa shape index (κ2) is 8.14. The minimum absolute atomic E-state index is 0.0218. The van der Waals surface area contributed by atoms with E-state index in [1.54, 1.807) is 0 Å². The van der Waals surface area contributed by atoms with Crippen molar-refractivity contribution in [2.45, 2.75) is 51.1 Å². The van der Waals surface area contributed by atoms with E-state index >= 15 is 0 Å². The minimum Gasteiger partial charge on any atom is -0.340 e. The number of rotatable bonds is 5. The van der Waals surface area contributed by atoms with E-state index in [1.807, 2.05) is 4.90 Å². The SMILES string of the molecule is Cc1ccccc1CN1CCN(C(=O)CCN2C(=O)NC3(CCCC3)C2=O)CC1. The number of carbonyl (C=O) groups excluding carboxylic acids is 3. The van der Waals surface area contributed by atoms with Crippen LogP contribution in [0.1, 0.15) is 43.2 Å². The van der Waals surface area contributed by atoms with Crippen LogP contribution in [0.2, 0.25) is 0 Å². The molecule has 7 nitrogen and oxygen atoms in total. The van der Waals surface area contributed by atoms with Gasteiger partial charge in [-0.25, -0.2) is 4.79 Å². The summed E-state index contributed by atoms with van der Waals surface area (Å²) in [4.78, 5) is 43.0. The molecule has 7 heteroatoms. The van der Waals surface area contributed by atoms with Crippen molar-refractivity contribution in [3.05, 3.63) is 35.4 Å². The number of piperazine rings is 1. The van der Waals surface area contributed by atoms with Crippen molar-refractivity contribution >= 4 is 17.8 Å². The lowest BCUT2D eigenvalue weighted by Gasteiger charge is -2.35. The van der Waals surface area contributed by atoms with Gasteiger partial charge < -0.3 is 10.2 Å². The summed E-state index contributed by atoms with van der Waals surface area (Å²) >= 11 is 0. The zero-order chi connectivity index (χ0) is 20.4. The first-order valence-corrected chi connectivity index (χ1v) is 10.7. The number of amides is 4. The van der Waals surface area contributed by atoms with E-state index in [4.69, 9.17) is 0 Å². The molecule has 0 atom stereocenters. The molecule has 1 aromatic rings. The van der Waals surface area contributed by atoms with Crippen LogP contribution < -0.4 is 5.32 Å². The predicted molar refractivity (Wildman–Crippen MR) is 109 cm³/mol. The molecule has 1 aromatic carbocycles. The topological polar surface area (TPSA) is 73.0 Å². The molecule has 4 rings (SSSR count). The Labute approximate surface area is 172 Å². The van der Waals surface area contributed by atoms with Crippen molar-refractivity contribution < 1.29 is 14.4 Å². The molecular formula is C22H30N4O3. The number of carbonyl (C=O) groups is 3. The summed E-state index contributed by atoms with van der Waals surface area (Å²) in [6, 6.07) is 8.05. The summed E-state index contributed by atoms with van der Waals surface area (Å²) < 4.78 is 0. The molecule has 0 bridgehead atoms. The average molecular weight is 399 g/mol. The van der Waals surface area contributed by atoms with E-state index in [0.29, 0.717) is 25.9 Å². The first kappa shape index (κ1) is 19.9. The molecule has 2 saturated heterocycles. The Balaban J connectivity index is 1.25. The zero-order valence-electron chi connectivity index (χ0n) is 17.2. The Morgan fingerprint density at radius 2 is 1.76 bits per heavy atom. The van der Waals surface area contributed by atoms with Gasteiger partial charge in [0.1, 0.15) is 5.54 Å². The molecule has 1 spiro atoms. The van der Waals surface area contributed by atoms with Gasteiger partial charge in [-0.1, -0.05) is 37.1 Å². The fourth-order valence-corrected chi connectivity index (χ4v) is 4.75. The van der Waals surface area contributed by atoms with Crippen molar-refractivity contribution in [2.75, 3.05) is 32.7 Å². The second-order valence-electron chi connectivity index (χ2n) is 8.51. The Morgan fingerprint density at radius 1 is 1.07 bits per heavy atom. The van der Waals surface area contributed by atoms with Crippen LogP contribution in [0.4, 0.5) is 4.79 Å². The summed E-state index contributed by atoms with van der Waals surface area (Å²) in [6.07, 6.45) is 3.56. The van der Waals surface area contributed by atoms with Gasteiger partial charge in [-0.05, 0) is 30.9 Å². The lowest BCUT2D eigenvalue weighted by Crippen LogP contribution is -2.49. The molecule has 1 N–H and O–H groups in total. The maximum absolute atomic E-state index is 12.7. The maximum Gasteiger partial charge on any atom is 0.325 e. The zero-order valence-corrected chi connectivity index (χ0v) is 17.2. The highest BCUT2D eigenvalue weighted by atomic mass is 16.2. The molecule has 4 amide bonds. The van der Waals surface area contributed by atoms with Crippen LogP contribution in [-0.4, -0.2) is 70.8 Å². The van der Waals surface area contributed by atoms with Gasteiger partial charge in [-0.2, -0.15) is 0 Å². The van der Waals surface area contributed by atoms with Crippen molar-refractivity contribution in [1.29, 1.82) is 0 Å². The lowest BCUT2D eigenvalue weighted by atomic mass is 9.98. The maximum atomic E-state index is 12.7. The summed E-state index contributed by atoms with van der Waals surface area (Å²) in [7, 11) is 0. The fraction of sp³-hybridized carbons (Fsp3) is 0.591. The van der Waals surface area contributed by atoms with Crippen LogP contribution >= 0.6 is 0 Å². The standard InChI is InChI=1S/C22H30N4O3/c1-17-6-2-3-7-18(17)16-24-12-14-25(15-13-24)19(27)8-11-26-20(28)22(23-21(26)29)9-4-5-10-22/h2-3,6-7H,4-5,8-16H2,1H3,(H,23,29). The van der Waals surface area contributed by atoms with Crippen LogP contribution in [0, 0.1) is 6.92 Å². The number of aryl methyl sites for hydroxylation is 1. The van der Waals surface area contributed by atoms with Gasteiger partial charge >= 0.3 is 6.03 Å². The van der Waals surface area contributed by atoms with Crippen molar-refractivity contribution in [1.82, 2.24) is 20.0 Å². The van der Waals surface area contributed by atoms with Gasteiger partial charge in [-0.3, -0.25) is 19.4 Å². The van der Waals surface area contributed by atoms with E-state index in [2.05, 4.69) is 41.4 Å². The third-order valence-corrected chi connectivity index (χ3v) is 6.63. The van der Waals surface area contributed by atoms with Gasteiger partial charge in [0, 0.05) is 45.7 Å². The quantitative estimate of drug-likeness (QED) is 0.769. The van der Waals surface area contributed by atoms with Crippen LogP contribution in [0.5, 0.6) is 0 Å². The number of benzene rings is 1. The Kier molecular flexibility index (Phi) is 5.58. The molecule has 156 valence electrons. The van der Waals surface area contributed by atoms with E-state index in [1.165, 1.54) is 16.0 Å². The highest BCUT2D eigenvalue weighted by molar-refractivity contribution is 6.07. The summed E-state index contributed by atoms with van der Waals surface area (Å²) in [5.74, 6) is -0.121. The Morgan fingerprint density at radius 3 is 2.45 bits per heavy atom. The molecule has 3 aliphatic rings. The number of imide groups is 1. The predicted octanol–water partition coefficient (Wildman–Crippen LogP) is 1.89. The van der Waals surface area contributed by atoms with Crippen LogP contribution in [0.3, 0.4) is 0 Å². The molecule has 2 heterocycles. The highest BCUT2D eigenvalue weighted by Gasteiger charge is 2.52. The van der Waals surface area contributed by atoms with Crippen molar-refractivity contribution in [3.8, 4) is 0 Å². The monoisotopic (exact) mass is 398 g/mol. The summed E-state index contributed by atoms with van der Waals surface area (Å²) in [5.41, 5.74) is 1.92. The smallest absolute Gasteiger partial charge is 0.325 e. The summed E-state index contributed by atoms with van der Waals surface area (Å²) in [6.45, 7) is 6.26. The molecular weight excluding hydrogens is 368 g/mol. The van der Waals surface area contributed by atoms with Gasteiger partial charge in [0.2, 0.25) is 5.91 Å². The largest absolute Gasteiger partial charge is 0.340 e. The molecule has 1 saturated carbocycles. The minimum atomic E-state index is -0.693. The van der Waals surface area contributed by atoms with Crippen LogP contribution in [0.25, 0.3) is 0 Å². The second-order valence-corrected chi connectivity index (χ2v) is 8.51. The van der Waals surface area contributed by atoms with Crippen LogP contribution in [-0.2, 0) is 16.1 Å². The average Bonchev–Trinajstić information content (AvgIpc) is 3.28. The molecule has 29 heavy (non-hydrogen) atoms. The first-order valence-electron chi connectivity index (χ1n) is 10.7. The molecule has 2 aliphatic heterocycles. The van der Waals surface area contributed by atoms with Crippen LogP contribution in [0.15, 0.2) is 24.3 Å². The number of nitrogens with zero attached hydrogens (tertiary/aromatic N) is 3. The Hall–Kier alpha value is -2.41. The van der Waals surface area contributed by atoms with Gasteiger partial charge in [0.25, 0.3) is 5.91 Å². The molecule has 0 aromatic heterocycles. The number of urea groups is 1. The van der Waals surface area contributed by atoms with Gasteiger partial charge in [0.05, 0.1) is 0 Å². The number of hydrogen-bond donors (Lipinski definition) is 1. The van der Waals surface area contributed by atoms with E-state index in [9.17, 15) is 14.4 Å². The highest BCUT2D eigenvalue weighted by Crippen LogP contribution is 2.35. The Bertz CT molecular complexity index is 795. The molecule has 0 unspecified atom stereocenters. The normalized spacial score (nSPS) is 21.8. The van der Waals surface area contributed by atoms with Crippen molar-refractivity contribution in [2.24, 2.45) is 0 Å². The third kappa shape index (κ3) is 4.01. The molecule has 1 aliphatic carbocycles. The summed E-state index contributed by atoms with van der Waals surface area (Å²) in [5, 5.41) is 2.87. The van der Waals surface area contributed by atoms with Crippen molar-refractivity contribution in [3.63, 3.8) is 0 Å². The van der Waals surface area contributed by atoms with Gasteiger partial charge in [-0.15, -0.1) is 0 Å². The van der Waals surface area contributed by atoms with E-state index in [-0.39, 0.29) is 30.8 Å². The lowest BCUT2D eigenvalue weighted by molar-refractivity contribution is -0.134. The van der Waals surface area contributed by atoms with Gasteiger partial charge in [0.15, 0.2) is 0 Å². The number of nitrogens with one attached hydrogen (secondary N) is 1. The van der Waals surface area contributed by atoms with E-state index < -0.39 is 5.54 Å². The molecule has 0 radical (unpaired) electrons.